The first-order valence-electron chi connectivity index (χ1n) is 5.19. The summed E-state index contributed by atoms with van der Waals surface area (Å²) >= 11 is 0. The molecule has 0 aliphatic heterocycles. The predicted molar refractivity (Wildman–Crippen MR) is 54.1 cm³/mol. The first-order valence-corrected chi connectivity index (χ1v) is 5.19. The Bertz CT molecular complexity index is 492. The highest BCUT2D eigenvalue weighted by Crippen LogP contribution is 2.40. The SMILES string of the molecule is CCOC(=O)c1cccc(OC(F)(F)F)c1C(F)(F)F. The van der Waals surface area contributed by atoms with Gasteiger partial charge in [-0.1, -0.05) is 6.07 Å². The lowest BCUT2D eigenvalue weighted by Crippen LogP contribution is -2.22. The van der Waals surface area contributed by atoms with Gasteiger partial charge in [0.15, 0.2) is 0 Å². The second kappa shape index (κ2) is 5.59. The molecule has 1 aromatic carbocycles. The van der Waals surface area contributed by atoms with Crippen LogP contribution in [0.3, 0.4) is 0 Å². The Hall–Kier alpha value is -1.93. The molecule has 0 radical (unpaired) electrons. The molecule has 1 aromatic rings. The van der Waals surface area contributed by atoms with Crippen LogP contribution in [0.15, 0.2) is 18.2 Å². The Balaban J connectivity index is 3.39. The quantitative estimate of drug-likeness (QED) is 0.629. The van der Waals surface area contributed by atoms with Crippen LogP contribution in [0.25, 0.3) is 0 Å². The molecule has 0 aromatic heterocycles. The summed E-state index contributed by atoms with van der Waals surface area (Å²) in [6, 6.07) is 2.02. The zero-order valence-electron chi connectivity index (χ0n) is 9.93. The van der Waals surface area contributed by atoms with Crippen molar-refractivity contribution in [1.29, 1.82) is 0 Å². The smallest absolute Gasteiger partial charge is 0.462 e. The van der Waals surface area contributed by atoms with Gasteiger partial charge in [0.25, 0.3) is 0 Å². The molecule has 0 amide bonds. The van der Waals surface area contributed by atoms with E-state index in [2.05, 4.69) is 9.47 Å². The van der Waals surface area contributed by atoms with E-state index in [-0.39, 0.29) is 6.61 Å². The second-order valence-electron chi connectivity index (χ2n) is 3.44. The summed E-state index contributed by atoms with van der Waals surface area (Å²) in [7, 11) is 0. The van der Waals surface area contributed by atoms with Crippen molar-refractivity contribution in [3.63, 3.8) is 0 Å². The molecule has 0 saturated carbocycles. The third-order valence-electron chi connectivity index (χ3n) is 2.03. The number of rotatable bonds is 3. The highest BCUT2D eigenvalue weighted by Gasteiger charge is 2.42. The molecule has 0 fully saturated rings. The fraction of sp³-hybridized carbons (Fsp3) is 0.364. The summed E-state index contributed by atoms with van der Waals surface area (Å²) < 4.78 is 82.4. The van der Waals surface area contributed by atoms with Gasteiger partial charge >= 0.3 is 18.5 Å². The van der Waals surface area contributed by atoms with Crippen LogP contribution in [0.5, 0.6) is 5.75 Å². The van der Waals surface area contributed by atoms with Crippen LogP contribution in [0.2, 0.25) is 0 Å². The van der Waals surface area contributed by atoms with Crippen molar-refractivity contribution in [1.82, 2.24) is 0 Å². The molecule has 0 aliphatic carbocycles. The normalized spacial score (nSPS) is 12.2. The van der Waals surface area contributed by atoms with Crippen molar-refractivity contribution in [3.05, 3.63) is 29.3 Å². The fourth-order valence-electron chi connectivity index (χ4n) is 1.41. The van der Waals surface area contributed by atoms with Crippen LogP contribution < -0.4 is 4.74 Å². The van der Waals surface area contributed by atoms with E-state index >= 15 is 0 Å². The van der Waals surface area contributed by atoms with Gasteiger partial charge in [-0.15, -0.1) is 13.2 Å². The van der Waals surface area contributed by atoms with E-state index in [1.807, 2.05) is 0 Å². The van der Waals surface area contributed by atoms with Crippen molar-refractivity contribution in [2.24, 2.45) is 0 Å². The Labute approximate surface area is 109 Å². The molecule has 0 saturated heterocycles. The fourth-order valence-corrected chi connectivity index (χ4v) is 1.41. The molecular weight excluding hydrogens is 294 g/mol. The highest BCUT2D eigenvalue weighted by molar-refractivity contribution is 5.92. The van der Waals surface area contributed by atoms with Gasteiger partial charge in [0, 0.05) is 0 Å². The number of carbonyl (C=O) groups is 1. The maximum Gasteiger partial charge on any atom is 0.573 e. The topological polar surface area (TPSA) is 35.5 Å². The monoisotopic (exact) mass is 302 g/mol. The zero-order valence-corrected chi connectivity index (χ0v) is 9.93. The Morgan fingerprint density at radius 3 is 2.20 bits per heavy atom. The number of benzene rings is 1. The lowest BCUT2D eigenvalue weighted by molar-refractivity contribution is -0.276. The van der Waals surface area contributed by atoms with Crippen molar-refractivity contribution in [2.75, 3.05) is 6.61 Å². The van der Waals surface area contributed by atoms with Gasteiger partial charge in [-0.2, -0.15) is 13.2 Å². The van der Waals surface area contributed by atoms with Crippen LogP contribution in [-0.4, -0.2) is 18.9 Å². The molecule has 0 spiro atoms. The number of halogens is 6. The summed E-state index contributed by atoms with van der Waals surface area (Å²) in [5, 5.41) is 0. The molecule has 0 N–H and O–H groups in total. The maximum absolute atomic E-state index is 12.8. The van der Waals surface area contributed by atoms with E-state index in [0.717, 1.165) is 6.07 Å². The van der Waals surface area contributed by atoms with Crippen LogP contribution in [0, 0.1) is 0 Å². The van der Waals surface area contributed by atoms with E-state index in [0.29, 0.717) is 12.1 Å². The second-order valence-corrected chi connectivity index (χ2v) is 3.44. The molecule has 20 heavy (non-hydrogen) atoms. The van der Waals surface area contributed by atoms with Gasteiger partial charge in [0.05, 0.1) is 12.2 Å². The average Bonchev–Trinajstić information content (AvgIpc) is 2.25. The number of hydrogen-bond acceptors (Lipinski definition) is 3. The molecule has 0 bridgehead atoms. The first kappa shape index (κ1) is 16.1. The number of alkyl halides is 6. The minimum Gasteiger partial charge on any atom is -0.462 e. The molecule has 0 aliphatic rings. The molecular formula is C11H8F6O3. The van der Waals surface area contributed by atoms with Gasteiger partial charge < -0.3 is 9.47 Å². The van der Waals surface area contributed by atoms with Crippen molar-refractivity contribution < 1.29 is 40.6 Å². The minimum atomic E-state index is -5.31. The Morgan fingerprint density at radius 1 is 1.15 bits per heavy atom. The van der Waals surface area contributed by atoms with Crippen LogP contribution in [-0.2, 0) is 10.9 Å². The Kier molecular flexibility index (Phi) is 4.51. The zero-order chi connectivity index (χ0) is 15.6. The molecule has 0 atom stereocenters. The number of ether oxygens (including phenoxy) is 2. The predicted octanol–water partition coefficient (Wildman–Crippen LogP) is 3.78. The summed E-state index contributed by atoms with van der Waals surface area (Å²) in [5.41, 5.74) is -2.86. The van der Waals surface area contributed by atoms with Gasteiger partial charge in [0.2, 0.25) is 0 Å². The standard InChI is InChI=1S/C11H8F6O3/c1-2-19-9(18)6-4-3-5-7(20-11(15,16)17)8(6)10(12,13)14/h3-5H,2H2,1H3. The number of hydrogen-bond donors (Lipinski definition) is 0. The number of carbonyl (C=O) groups excluding carboxylic acids is 1. The van der Waals surface area contributed by atoms with E-state index < -0.39 is 35.4 Å². The molecule has 1 rings (SSSR count). The third-order valence-corrected chi connectivity index (χ3v) is 2.03. The molecule has 3 nitrogen and oxygen atoms in total. The van der Waals surface area contributed by atoms with E-state index in [1.165, 1.54) is 6.92 Å². The van der Waals surface area contributed by atoms with Gasteiger partial charge in [-0.25, -0.2) is 4.79 Å². The first-order chi connectivity index (χ1) is 9.06. The lowest BCUT2D eigenvalue weighted by atomic mass is 10.1. The molecule has 0 heterocycles. The third kappa shape index (κ3) is 4.04. The summed E-state index contributed by atoms with van der Waals surface area (Å²) in [6.07, 6.45) is -10.5. The largest absolute Gasteiger partial charge is 0.573 e. The summed E-state index contributed by atoms with van der Waals surface area (Å²) in [6.45, 7) is 1.13. The van der Waals surface area contributed by atoms with E-state index in [9.17, 15) is 31.1 Å². The molecule has 112 valence electrons. The average molecular weight is 302 g/mol. The van der Waals surface area contributed by atoms with Gasteiger partial charge in [-0.3, -0.25) is 0 Å². The van der Waals surface area contributed by atoms with Gasteiger partial charge in [-0.05, 0) is 19.1 Å². The summed E-state index contributed by atoms with van der Waals surface area (Å²) in [5.74, 6) is -2.89. The van der Waals surface area contributed by atoms with E-state index in [1.54, 1.807) is 0 Å². The maximum atomic E-state index is 12.8. The van der Waals surface area contributed by atoms with Crippen molar-refractivity contribution in [2.45, 2.75) is 19.5 Å². The van der Waals surface area contributed by atoms with Crippen LogP contribution >= 0.6 is 0 Å². The van der Waals surface area contributed by atoms with Gasteiger partial charge in [0.1, 0.15) is 11.3 Å². The molecule has 0 unspecified atom stereocenters. The van der Waals surface area contributed by atoms with E-state index in [4.69, 9.17) is 0 Å². The minimum absolute atomic E-state index is 0.222. The lowest BCUT2D eigenvalue weighted by Gasteiger charge is -2.17. The van der Waals surface area contributed by atoms with Crippen LogP contribution in [0.4, 0.5) is 26.3 Å². The number of esters is 1. The van der Waals surface area contributed by atoms with Crippen molar-refractivity contribution >= 4 is 5.97 Å². The van der Waals surface area contributed by atoms with Crippen LogP contribution in [0.1, 0.15) is 22.8 Å². The summed E-state index contributed by atoms with van der Waals surface area (Å²) in [4.78, 5) is 11.4. The Morgan fingerprint density at radius 2 is 1.75 bits per heavy atom. The molecule has 9 heteroatoms. The van der Waals surface area contributed by atoms with Crippen molar-refractivity contribution in [3.8, 4) is 5.75 Å². The highest BCUT2D eigenvalue weighted by atomic mass is 19.4.